The molecule has 6 heteroatoms. The molecule has 0 bridgehead atoms. The highest BCUT2D eigenvalue weighted by molar-refractivity contribution is 9.10. The van der Waals surface area contributed by atoms with Crippen molar-refractivity contribution in [2.45, 2.75) is 13.3 Å². The second-order valence-electron chi connectivity index (χ2n) is 4.15. The minimum absolute atomic E-state index is 0.240. The number of anilines is 2. The molecule has 0 unspecified atom stereocenters. The van der Waals surface area contributed by atoms with Crippen LogP contribution in [0.25, 0.3) is 0 Å². The number of carbonyl (C=O) groups excluding carboxylic acids is 1. The molecule has 2 heterocycles. The molecule has 20 heavy (non-hydrogen) atoms. The smallest absolute Gasteiger partial charge is 0.260 e. The Hall–Kier alpha value is -1.95. The van der Waals surface area contributed by atoms with Gasteiger partial charge in [-0.05, 0) is 40.5 Å². The van der Waals surface area contributed by atoms with Crippen LogP contribution < -0.4 is 10.6 Å². The number of amides is 1. The zero-order valence-electron chi connectivity index (χ0n) is 11.1. The Labute approximate surface area is 126 Å². The van der Waals surface area contributed by atoms with Crippen LogP contribution in [-0.2, 0) is 0 Å². The molecule has 0 aromatic carbocycles. The minimum Gasteiger partial charge on any atom is -0.369 e. The van der Waals surface area contributed by atoms with Gasteiger partial charge in [0.25, 0.3) is 5.91 Å². The average Bonchev–Trinajstić information content (AvgIpc) is 2.47. The molecule has 0 atom stereocenters. The first kappa shape index (κ1) is 14.5. The van der Waals surface area contributed by atoms with E-state index >= 15 is 0 Å². The normalized spacial score (nSPS) is 10.1. The summed E-state index contributed by atoms with van der Waals surface area (Å²) in [5.41, 5.74) is 0.485. The topological polar surface area (TPSA) is 66.9 Å². The highest BCUT2D eigenvalue weighted by Gasteiger charge is 2.13. The molecular formula is C14H15BrN4O. The Morgan fingerprint density at radius 2 is 2.20 bits per heavy atom. The molecule has 2 aromatic rings. The molecular weight excluding hydrogens is 320 g/mol. The lowest BCUT2D eigenvalue weighted by Gasteiger charge is -2.10. The molecule has 2 aromatic heterocycles. The molecule has 0 saturated heterocycles. The number of nitrogens with one attached hydrogen (secondary N) is 2. The van der Waals surface area contributed by atoms with E-state index in [1.807, 2.05) is 6.07 Å². The van der Waals surface area contributed by atoms with E-state index in [0.29, 0.717) is 17.2 Å². The number of nitrogens with zero attached hydrogens (tertiary/aromatic N) is 2. The van der Waals surface area contributed by atoms with Gasteiger partial charge in [-0.1, -0.05) is 13.0 Å². The van der Waals surface area contributed by atoms with E-state index in [4.69, 9.17) is 0 Å². The van der Waals surface area contributed by atoms with Crippen LogP contribution in [0.5, 0.6) is 0 Å². The first-order valence-electron chi connectivity index (χ1n) is 6.32. The molecule has 0 aliphatic heterocycles. The Morgan fingerprint density at radius 3 is 2.90 bits per heavy atom. The summed E-state index contributed by atoms with van der Waals surface area (Å²) < 4.78 is 0.755. The molecule has 0 radical (unpaired) electrons. The predicted molar refractivity (Wildman–Crippen MR) is 82.9 cm³/mol. The zero-order chi connectivity index (χ0) is 14.4. The predicted octanol–water partition coefficient (Wildman–Crippen LogP) is 3.31. The number of aromatic nitrogens is 2. The van der Waals surface area contributed by atoms with E-state index in [-0.39, 0.29) is 5.91 Å². The lowest BCUT2D eigenvalue weighted by molar-refractivity contribution is 0.102. The molecule has 104 valence electrons. The van der Waals surface area contributed by atoms with Crippen molar-refractivity contribution >= 4 is 33.5 Å². The van der Waals surface area contributed by atoms with Gasteiger partial charge < -0.3 is 10.6 Å². The fraction of sp³-hybridized carbons (Fsp3) is 0.214. The van der Waals surface area contributed by atoms with Crippen molar-refractivity contribution in [3.05, 3.63) is 46.7 Å². The third-order valence-corrected chi connectivity index (χ3v) is 2.98. The van der Waals surface area contributed by atoms with Crippen LogP contribution in [0.2, 0.25) is 0 Å². The average molecular weight is 335 g/mol. The van der Waals surface area contributed by atoms with Gasteiger partial charge in [0.15, 0.2) is 0 Å². The van der Waals surface area contributed by atoms with Gasteiger partial charge in [0.2, 0.25) is 0 Å². The lowest BCUT2D eigenvalue weighted by atomic mass is 10.2. The third-order valence-electron chi connectivity index (χ3n) is 2.55. The fourth-order valence-corrected chi connectivity index (χ4v) is 1.95. The van der Waals surface area contributed by atoms with Gasteiger partial charge in [0.05, 0.1) is 5.56 Å². The molecule has 2 N–H and O–H groups in total. The number of carbonyl (C=O) groups is 1. The van der Waals surface area contributed by atoms with Gasteiger partial charge in [0.1, 0.15) is 11.6 Å². The molecule has 1 amide bonds. The molecule has 0 fully saturated rings. The van der Waals surface area contributed by atoms with Crippen molar-refractivity contribution in [3.63, 3.8) is 0 Å². The number of pyridine rings is 2. The van der Waals surface area contributed by atoms with E-state index in [1.54, 1.807) is 30.6 Å². The quantitative estimate of drug-likeness (QED) is 0.880. The summed E-state index contributed by atoms with van der Waals surface area (Å²) in [5, 5.41) is 5.90. The van der Waals surface area contributed by atoms with Gasteiger partial charge in [-0.2, -0.15) is 0 Å². The van der Waals surface area contributed by atoms with E-state index in [2.05, 4.69) is 43.5 Å². The van der Waals surface area contributed by atoms with Crippen LogP contribution in [-0.4, -0.2) is 22.4 Å². The van der Waals surface area contributed by atoms with E-state index in [0.717, 1.165) is 17.4 Å². The highest BCUT2D eigenvalue weighted by atomic mass is 79.9. The molecule has 5 nitrogen and oxygen atoms in total. The molecule has 0 aliphatic rings. The first-order valence-corrected chi connectivity index (χ1v) is 7.12. The summed E-state index contributed by atoms with van der Waals surface area (Å²) in [5.74, 6) is 0.846. The van der Waals surface area contributed by atoms with Crippen LogP contribution >= 0.6 is 15.9 Å². The summed E-state index contributed by atoms with van der Waals surface area (Å²) in [7, 11) is 0. The van der Waals surface area contributed by atoms with Gasteiger partial charge >= 0.3 is 0 Å². The minimum atomic E-state index is -0.240. The van der Waals surface area contributed by atoms with Crippen LogP contribution in [0.1, 0.15) is 23.7 Å². The van der Waals surface area contributed by atoms with E-state index in [9.17, 15) is 4.79 Å². The van der Waals surface area contributed by atoms with Gasteiger partial charge in [-0.25, -0.2) is 9.97 Å². The summed E-state index contributed by atoms with van der Waals surface area (Å²) in [6.07, 6.45) is 4.25. The fourth-order valence-electron chi connectivity index (χ4n) is 1.62. The number of hydrogen-bond acceptors (Lipinski definition) is 4. The zero-order valence-corrected chi connectivity index (χ0v) is 12.6. The van der Waals surface area contributed by atoms with Gasteiger partial charge in [-0.3, -0.25) is 4.79 Å². The molecule has 0 aliphatic carbocycles. The van der Waals surface area contributed by atoms with Crippen molar-refractivity contribution in [1.29, 1.82) is 0 Å². The largest absolute Gasteiger partial charge is 0.369 e. The Balaban J connectivity index is 2.21. The van der Waals surface area contributed by atoms with Crippen molar-refractivity contribution < 1.29 is 4.79 Å². The number of rotatable bonds is 5. The van der Waals surface area contributed by atoms with Gasteiger partial charge in [-0.15, -0.1) is 0 Å². The number of hydrogen-bond donors (Lipinski definition) is 2. The Morgan fingerprint density at radius 1 is 1.35 bits per heavy atom. The van der Waals surface area contributed by atoms with E-state index < -0.39 is 0 Å². The standard InChI is InChI=1S/C14H15BrN4O/c1-2-6-17-13-11(8-10(15)9-18-13)14(20)19-12-5-3-4-7-16-12/h3-5,7-9H,2,6H2,1H3,(H,17,18)(H,16,19,20). The maximum absolute atomic E-state index is 12.3. The van der Waals surface area contributed by atoms with E-state index in [1.165, 1.54) is 0 Å². The Kier molecular flexibility index (Phi) is 5.06. The molecule has 0 saturated carbocycles. The SMILES string of the molecule is CCCNc1ncc(Br)cc1C(=O)Nc1ccccn1. The maximum Gasteiger partial charge on any atom is 0.260 e. The monoisotopic (exact) mass is 334 g/mol. The highest BCUT2D eigenvalue weighted by Crippen LogP contribution is 2.19. The Bertz CT molecular complexity index is 589. The summed E-state index contributed by atoms with van der Waals surface area (Å²) in [6, 6.07) is 7.09. The maximum atomic E-state index is 12.3. The third kappa shape index (κ3) is 3.77. The second kappa shape index (κ2) is 7.00. The van der Waals surface area contributed by atoms with Crippen molar-refractivity contribution in [3.8, 4) is 0 Å². The van der Waals surface area contributed by atoms with Crippen molar-refractivity contribution in [2.24, 2.45) is 0 Å². The van der Waals surface area contributed by atoms with Crippen molar-refractivity contribution in [1.82, 2.24) is 9.97 Å². The van der Waals surface area contributed by atoms with Crippen LogP contribution in [0, 0.1) is 0 Å². The summed E-state index contributed by atoms with van der Waals surface area (Å²) in [4.78, 5) is 20.6. The molecule has 0 spiro atoms. The van der Waals surface area contributed by atoms with Crippen molar-refractivity contribution in [2.75, 3.05) is 17.2 Å². The van der Waals surface area contributed by atoms with Crippen LogP contribution in [0.4, 0.5) is 11.6 Å². The molecule has 2 rings (SSSR count). The second-order valence-corrected chi connectivity index (χ2v) is 5.06. The van der Waals surface area contributed by atoms with Crippen LogP contribution in [0.3, 0.4) is 0 Å². The number of halogens is 1. The van der Waals surface area contributed by atoms with Crippen LogP contribution in [0.15, 0.2) is 41.1 Å². The first-order chi connectivity index (χ1) is 9.70. The summed E-state index contributed by atoms with van der Waals surface area (Å²) in [6.45, 7) is 2.82. The summed E-state index contributed by atoms with van der Waals surface area (Å²) >= 11 is 3.33. The lowest BCUT2D eigenvalue weighted by Crippen LogP contribution is -2.16. The van der Waals surface area contributed by atoms with Gasteiger partial charge in [0, 0.05) is 23.4 Å².